The molecule has 0 aliphatic rings. The number of nitriles is 1. The lowest BCUT2D eigenvalue weighted by molar-refractivity contribution is -0.138. The van der Waals surface area contributed by atoms with Gasteiger partial charge in [-0.1, -0.05) is 12.1 Å². The van der Waals surface area contributed by atoms with E-state index in [9.17, 15) is 13.2 Å². The van der Waals surface area contributed by atoms with Crippen LogP contribution in [0.4, 0.5) is 13.2 Å². The second kappa shape index (κ2) is 4.44. The van der Waals surface area contributed by atoms with Crippen LogP contribution in [0.2, 0.25) is 0 Å². The number of halogens is 3. The molecule has 0 amide bonds. The van der Waals surface area contributed by atoms with Crippen LogP contribution in [0.15, 0.2) is 18.2 Å². The number of hydrogen-bond acceptors (Lipinski definition) is 2. The zero-order valence-electron chi connectivity index (χ0n) is 8.80. The highest BCUT2D eigenvalue weighted by Crippen LogP contribution is 2.40. The van der Waals surface area contributed by atoms with E-state index in [2.05, 4.69) is 0 Å². The van der Waals surface area contributed by atoms with Crippen molar-refractivity contribution in [2.45, 2.75) is 19.0 Å². The first-order valence-corrected chi connectivity index (χ1v) is 4.55. The summed E-state index contributed by atoms with van der Waals surface area (Å²) in [4.78, 5) is 0. The van der Waals surface area contributed by atoms with Crippen LogP contribution < -0.4 is 4.74 Å². The molecular formula is C11H10F3NO. The molecule has 0 radical (unpaired) electrons. The smallest absolute Gasteiger partial charge is 0.419 e. The highest BCUT2D eigenvalue weighted by Gasteiger charge is 2.35. The molecule has 0 aliphatic carbocycles. The second-order valence-corrected chi connectivity index (χ2v) is 3.28. The Balaban J connectivity index is 3.39. The minimum atomic E-state index is -4.48. The van der Waals surface area contributed by atoms with Crippen molar-refractivity contribution in [3.05, 3.63) is 29.3 Å². The SMILES string of the molecule is COc1c(C(C)C#N)cccc1C(F)(F)F. The third kappa shape index (κ3) is 2.27. The molecule has 86 valence electrons. The molecule has 2 nitrogen and oxygen atoms in total. The zero-order chi connectivity index (χ0) is 12.3. The zero-order valence-corrected chi connectivity index (χ0v) is 8.80. The molecule has 5 heteroatoms. The predicted octanol–water partition coefficient (Wildman–Crippen LogP) is 3.34. The van der Waals surface area contributed by atoms with Crippen molar-refractivity contribution < 1.29 is 17.9 Å². The normalized spacial score (nSPS) is 13.0. The highest BCUT2D eigenvalue weighted by molar-refractivity contribution is 5.46. The van der Waals surface area contributed by atoms with Gasteiger partial charge >= 0.3 is 6.18 Å². The first-order valence-electron chi connectivity index (χ1n) is 4.55. The third-order valence-electron chi connectivity index (χ3n) is 2.22. The average molecular weight is 229 g/mol. The van der Waals surface area contributed by atoms with Crippen molar-refractivity contribution in [2.75, 3.05) is 7.11 Å². The summed E-state index contributed by atoms with van der Waals surface area (Å²) in [7, 11) is 1.16. The van der Waals surface area contributed by atoms with Crippen LogP contribution in [-0.2, 0) is 6.18 Å². The molecule has 0 aliphatic heterocycles. The molecule has 0 N–H and O–H groups in total. The molecule has 16 heavy (non-hydrogen) atoms. The Hall–Kier alpha value is -1.70. The van der Waals surface area contributed by atoms with E-state index in [0.717, 1.165) is 13.2 Å². The van der Waals surface area contributed by atoms with Crippen molar-refractivity contribution in [2.24, 2.45) is 0 Å². The second-order valence-electron chi connectivity index (χ2n) is 3.28. The number of hydrogen-bond donors (Lipinski definition) is 0. The molecule has 0 bridgehead atoms. The maximum Gasteiger partial charge on any atom is 0.419 e. The quantitative estimate of drug-likeness (QED) is 0.779. The van der Waals surface area contributed by atoms with Crippen molar-refractivity contribution in [1.82, 2.24) is 0 Å². The van der Waals surface area contributed by atoms with Crippen LogP contribution in [-0.4, -0.2) is 7.11 Å². The van der Waals surface area contributed by atoms with Gasteiger partial charge in [0, 0.05) is 5.56 Å². The van der Waals surface area contributed by atoms with Gasteiger partial charge in [-0.2, -0.15) is 18.4 Å². The lowest BCUT2D eigenvalue weighted by Crippen LogP contribution is -2.09. The number of nitrogens with zero attached hydrogens (tertiary/aromatic N) is 1. The number of ether oxygens (including phenoxy) is 1. The fraction of sp³-hybridized carbons (Fsp3) is 0.364. The first-order chi connectivity index (χ1) is 7.41. The monoisotopic (exact) mass is 229 g/mol. The Morgan fingerprint density at radius 2 is 2.00 bits per heavy atom. The summed E-state index contributed by atoms with van der Waals surface area (Å²) in [5.74, 6) is -0.915. The predicted molar refractivity (Wildman–Crippen MR) is 52.0 cm³/mol. The lowest BCUT2D eigenvalue weighted by Gasteiger charge is -2.16. The molecule has 1 rings (SSSR count). The Kier molecular flexibility index (Phi) is 3.43. The van der Waals surface area contributed by atoms with Crippen molar-refractivity contribution in [3.63, 3.8) is 0 Å². The van der Waals surface area contributed by atoms with E-state index in [0.29, 0.717) is 0 Å². The summed E-state index contributed by atoms with van der Waals surface area (Å²) in [6.07, 6.45) is -4.48. The summed E-state index contributed by atoms with van der Waals surface area (Å²) in [5, 5.41) is 8.72. The van der Waals surface area contributed by atoms with Gasteiger partial charge in [-0.3, -0.25) is 0 Å². The topological polar surface area (TPSA) is 33.0 Å². The van der Waals surface area contributed by atoms with E-state index in [4.69, 9.17) is 10.00 Å². The molecule has 1 atom stereocenters. The van der Waals surface area contributed by atoms with Crippen LogP contribution in [0.25, 0.3) is 0 Å². The standard InChI is InChI=1S/C11H10F3NO/c1-7(6-15)8-4-3-5-9(10(8)16-2)11(12,13)14/h3-5,7H,1-2H3. The van der Waals surface area contributed by atoms with Gasteiger partial charge in [-0.15, -0.1) is 0 Å². The van der Waals surface area contributed by atoms with Gasteiger partial charge in [0.15, 0.2) is 0 Å². The third-order valence-corrected chi connectivity index (χ3v) is 2.22. The Morgan fingerprint density at radius 3 is 2.44 bits per heavy atom. The maximum atomic E-state index is 12.6. The number of alkyl halides is 3. The highest BCUT2D eigenvalue weighted by atomic mass is 19.4. The van der Waals surface area contributed by atoms with Gasteiger partial charge in [0.05, 0.1) is 24.7 Å². The van der Waals surface area contributed by atoms with Gasteiger partial charge in [0.1, 0.15) is 5.75 Å². The van der Waals surface area contributed by atoms with Crippen LogP contribution >= 0.6 is 0 Å². The fourth-order valence-corrected chi connectivity index (χ4v) is 1.42. The number of para-hydroxylation sites is 1. The summed E-state index contributed by atoms with van der Waals surface area (Å²) >= 11 is 0. The van der Waals surface area contributed by atoms with E-state index < -0.39 is 17.7 Å². The molecule has 0 heterocycles. The molecule has 0 spiro atoms. The van der Waals surface area contributed by atoms with Crippen molar-refractivity contribution in [1.29, 1.82) is 5.26 Å². The van der Waals surface area contributed by atoms with E-state index >= 15 is 0 Å². The lowest BCUT2D eigenvalue weighted by atomic mass is 9.98. The van der Waals surface area contributed by atoms with Crippen LogP contribution in [0.5, 0.6) is 5.75 Å². The molecule has 1 aromatic carbocycles. The minimum Gasteiger partial charge on any atom is -0.496 e. The molecular weight excluding hydrogens is 219 g/mol. The number of rotatable bonds is 2. The molecule has 0 saturated carbocycles. The first kappa shape index (κ1) is 12.4. The minimum absolute atomic E-state index is 0.250. The average Bonchev–Trinajstić information content (AvgIpc) is 2.25. The molecule has 1 unspecified atom stereocenters. The number of benzene rings is 1. The summed E-state index contributed by atoms with van der Waals surface area (Å²) in [5.41, 5.74) is -0.602. The Morgan fingerprint density at radius 1 is 1.38 bits per heavy atom. The van der Waals surface area contributed by atoms with Crippen LogP contribution in [0.3, 0.4) is 0 Å². The summed E-state index contributed by atoms with van der Waals surface area (Å²) in [6, 6.07) is 5.56. The van der Waals surface area contributed by atoms with Gasteiger partial charge in [0.25, 0.3) is 0 Å². The van der Waals surface area contributed by atoms with Gasteiger partial charge in [0.2, 0.25) is 0 Å². The van der Waals surface area contributed by atoms with Crippen LogP contribution in [0.1, 0.15) is 24.0 Å². The molecule has 0 aromatic heterocycles. The maximum absolute atomic E-state index is 12.6. The molecule has 1 aromatic rings. The van der Waals surface area contributed by atoms with E-state index in [1.807, 2.05) is 6.07 Å². The fourth-order valence-electron chi connectivity index (χ4n) is 1.42. The summed E-state index contributed by atoms with van der Waals surface area (Å²) in [6.45, 7) is 1.53. The largest absolute Gasteiger partial charge is 0.496 e. The van der Waals surface area contributed by atoms with E-state index in [1.54, 1.807) is 0 Å². The van der Waals surface area contributed by atoms with E-state index in [1.165, 1.54) is 19.1 Å². The Labute approximate surface area is 91.3 Å². The molecule has 0 fully saturated rings. The van der Waals surface area contributed by atoms with Gasteiger partial charge < -0.3 is 4.74 Å². The Bertz CT molecular complexity index is 420. The molecule has 0 saturated heterocycles. The van der Waals surface area contributed by atoms with Crippen molar-refractivity contribution >= 4 is 0 Å². The van der Waals surface area contributed by atoms with Crippen LogP contribution in [0, 0.1) is 11.3 Å². The number of methoxy groups -OCH3 is 1. The van der Waals surface area contributed by atoms with Crippen molar-refractivity contribution in [3.8, 4) is 11.8 Å². The van der Waals surface area contributed by atoms with Gasteiger partial charge in [-0.05, 0) is 13.0 Å². The van der Waals surface area contributed by atoms with E-state index in [-0.39, 0.29) is 11.3 Å². The van der Waals surface area contributed by atoms with Gasteiger partial charge in [-0.25, -0.2) is 0 Å². The summed E-state index contributed by atoms with van der Waals surface area (Å²) < 4.78 is 42.6.